The van der Waals surface area contributed by atoms with Crippen LogP contribution in [0.2, 0.25) is 0 Å². The molecule has 0 fully saturated rings. The lowest BCUT2D eigenvalue weighted by molar-refractivity contribution is -0.116. The summed E-state index contributed by atoms with van der Waals surface area (Å²) in [6.45, 7) is 5.77. The summed E-state index contributed by atoms with van der Waals surface area (Å²) in [7, 11) is 1.68. The Morgan fingerprint density at radius 1 is 1.29 bits per heavy atom. The number of allylic oxidation sites excluding steroid dienone is 1. The first kappa shape index (κ1) is 13.5. The minimum absolute atomic E-state index is 0.224. The molecule has 0 saturated carbocycles. The van der Waals surface area contributed by atoms with E-state index >= 15 is 0 Å². The van der Waals surface area contributed by atoms with E-state index in [4.69, 9.17) is 4.74 Å². The molecule has 0 unspecified atom stereocenters. The molecule has 0 heterocycles. The molecule has 1 rings (SSSR count). The van der Waals surface area contributed by atoms with Crippen LogP contribution >= 0.6 is 0 Å². The molecule has 0 amide bonds. The minimum atomic E-state index is 0.224. The van der Waals surface area contributed by atoms with Gasteiger partial charge in [-0.2, -0.15) is 0 Å². The predicted octanol–water partition coefficient (Wildman–Crippen LogP) is 3.69. The van der Waals surface area contributed by atoms with Crippen molar-refractivity contribution in [2.24, 2.45) is 0 Å². The fourth-order valence-corrected chi connectivity index (χ4v) is 1.62. The van der Waals surface area contributed by atoms with Gasteiger partial charge in [-0.05, 0) is 50.5 Å². The second kappa shape index (κ2) is 6.24. The first-order valence-corrected chi connectivity index (χ1v) is 5.86. The highest BCUT2D eigenvalue weighted by molar-refractivity contribution is 5.75. The van der Waals surface area contributed by atoms with Gasteiger partial charge >= 0.3 is 0 Å². The number of methoxy groups -OCH3 is 1. The largest absolute Gasteiger partial charge is 0.496 e. The molecule has 0 bridgehead atoms. The van der Waals surface area contributed by atoms with Gasteiger partial charge in [-0.1, -0.05) is 12.2 Å². The molecule has 0 atom stereocenters. The van der Waals surface area contributed by atoms with Crippen molar-refractivity contribution in [3.63, 3.8) is 0 Å². The van der Waals surface area contributed by atoms with Crippen molar-refractivity contribution in [1.82, 2.24) is 0 Å². The Labute approximate surface area is 103 Å². The maximum atomic E-state index is 10.8. The highest BCUT2D eigenvalue weighted by Crippen LogP contribution is 2.24. The average molecular weight is 232 g/mol. The number of carbonyl (C=O) groups is 1. The minimum Gasteiger partial charge on any atom is -0.496 e. The van der Waals surface area contributed by atoms with Crippen LogP contribution in [0.1, 0.15) is 36.5 Å². The second-order valence-electron chi connectivity index (χ2n) is 4.32. The third-order valence-corrected chi connectivity index (χ3v) is 2.81. The van der Waals surface area contributed by atoms with Crippen molar-refractivity contribution in [1.29, 1.82) is 0 Å². The monoisotopic (exact) mass is 232 g/mol. The standard InChI is InChI=1S/C15H20O2/c1-11-9-14(8-6-5-7-13(3)16)15(17-4)10-12(11)2/h6,8-10H,5,7H2,1-4H3/b8-6+. The zero-order valence-electron chi connectivity index (χ0n) is 11.0. The van der Waals surface area contributed by atoms with Gasteiger partial charge in [-0.25, -0.2) is 0 Å². The van der Waals surface area contributed by atoms with Crippen LogP contribution in [0.15, 0.2) is 18.2 Å². The summed E-state index contributed by atoms with van der Waals surface area (Å²) in [5.41, 5.74) is 3.54. The van der Waals surface area contributed by atoms with Gasteiger partial charge in [0.1, 0.15) is 11.5 Å². The van der Waals surface area contributed by atoms with Crippen LogP contribution in [-0.4, -0.2) is 12.9 Å². The maximum Gasteiger partial charge on any atom is 0.130 e. The molecular formula is C15H20O2. The van der Waals surface area contributed by atoms with E-state index in [1.807, 2.05) is 18.2 Å². The van der Waals surface area contributed by atoms with Gasteiger partial charge in [-0.15, -0.1) is 0 Å². The number of Topliss-reactive ketones (excluding diaryl/α,β-unsaturated/α-hetero) is 1. The van der Waals surface area contributed by atoms with E-state index in [0.717, 1.165) is 17.7 Å². The summed E-state index contributed by atoms with van der Waals surface area (Å²) in [5.74, 6) is 1.11. The summed E-state index contributed by atoms with van der Waals surface area (Å²) >= 11 is 0. The molecule has 2 heteroatoms. The predicted molar refractivity (Wildman–Crippen MR) is 71.4 cm³/mol. The molecule has 2 nitrogen and oxygen atoms in total. The molecule has 1 aromatic carbocycles. The van der Waals surface area contributed by atoms with Crippen LogP contribution in [0.3, 0.4) is 0 Å². The highest BCUT2D eigenvalue weighted by atomic mass is 16.5. The first-order valence-electron chi connectivity index (χ1n) is 5.86. The van der Waals surface area contributed by atoms with E-state index in [2.05, 4.69) is 19.9 Å². The summed E-state index contributed by atoms with van der Waals surface area (Å²) < 4.78 is 5.34. The van der Waals surface area contributed by atoms with Crippen molar-refractivity contribution >= 4 is 11.9 Å². The number of benzene rings is 1. The van der Waals surface area contributed by atoms with Crippen molar-refractivity contribution in [2.45, 2.75) is 33.6 Å². The van der Waals surface area contributed by atoms with E-state index < -0.39 is 0 Å². The molecule has 92 valence electrons. The maximum absolute atomic E-state index is 10.8. The smallest absolute Gasteiger partial charge is 0.130 e. The fraction of sp³-hybridized carbons (Fsp3) is 0.400. The zero-order chi connectivity index (χ0) is 12.8. The van der Waals surface area contributed by atoms with Crippen LogP contribution in [0.5, 0.6) is 5.75 Å². The lowest BCUT2D eigenvalue weighted by atomic mass is 10.0. The Balaban J connectivity index is 2.82. The number of rotatable bonds is 5. The van der Waals surface area contributed by atoms with Crippen molar-refractivity contribution < 1.29 is 9.53 Å². The van der Waals surface area contributed by atoms with E-state index in [1.54, 1.807) is 14.0 Å². The molecule has 0 aliphatic heterocycles. The van der Waals surface area contributed by atoms with Crippen LogP contribution in [0.25, 0.3) is 6.08 Å². The Bertz CT molecular complexity index is 431. The molecule has 0 aliphatic carbocycles. The van der Waals surface area contributed by atoms with Gasteiger partial charge in [0, 0.05) is 12.0 Å². The molecule has 0 aromatic heterocycles. The second-order valence-corrected chi connectivity index (χ2v) is 4.32. The lowest BCUT2D eigenvalue weighted by Crippen LogP contribution is -1.91. The summed E-state index contributed by atoms with van der Waals surface area (Å²) in [5, 5.41) is 0. The SMILES string of the molecule is COc1cc(C)c(C)cc1/C=C/CCC(C)=O. The normalized spacial score (nSPS) is 10.8. The molecule has 0 N–H and O–H groups in total. The average Bonchev–Trinajstić information content (AvgIpc) is 2.28. The molecular weight excluding hydrogens is 212 g/mol. The third-order valence-electron chi connectivity index (χ3n) is 2.81. The molecule has 17 heavy (non-hydrogen) atoms. The fourth-order valence-electron chi connectivity index (χ4n) is 1.62. The summed E-state index contributed by atoms with van der Waals surface area (Å²) in [4.78, 5) is 10.8. The molecule has 0 saturated heterocycles. The van der Waals surface area contributed by atoms with Gasteiger partial charge in [-0.3, -0.25) is 0 Å². The van der Waals surface area contributed by atoms with Crippen LogP contribution in [0.4, 0.5) is 0 Å². The number of aryl methyl sites for hydroxylation is 2. The Morgan fingerprint density at radius 2 is 1.94 bits per heavy atom. The van der Waals surface area contributed by atoms with Crippen molar-refractivity contribution in [3.05, 3.63) is 34.9 Å². The van der Waals surface area contributed by atoms with Crippen LogP contribution in [-0.2, 0) is 4.79 Å². The van der Waals surface area contributed by atoms with Gasteiger partial charge in [0.2, 0.25) is 0 Å². The number of hydrogen-bond acceptors (Lipinski definition) is 2. The van der Waals surface area contributed by atoms with E-state index in [9.17, 15) is 4.79 Å². The molecule has 0 aliphatic rings. The van der Waals surface area contributed by atoms with Gasteiger partial charge in [0.15, 0.2) is 0 Å². The van der Waals surface area contributed by atoms with Gasteiger partial charge in [0.05, 0.1) is 7.11 Å². The van der Waals surface area contributed by atoms with E-state index in [0.29, 0.717) is 6.42 Å². The number of ether oxygens (including phenoxy) is 1. The summed E-state index contributed by atoms with van der Waals surface area (Å²) in [6.07, 6.45) is 5.43. The summed E-state index contributed by atoms with van der Waals surface area (Å²) in [6, 6.07) is 4.15. The molecule has 0 radical (unpaired) electrons. The first-order chi connectivity index (χ1) is 8.04. The Hall–Kier alpha value is -1.57. The van der Waals surface area contributed by atoms with Gasteiger partial charge in [0.25, 0.3) is 0 Å². The number of ketones is 1. The Morgan fingerprint density at radius 3 is 2.53 bits per heavy atom. The van der Waals surface area contributed by atoms with E-state index in [-0.39, 0.29) is 5.78 Å². The lowest BCUT2D eigenvalue weighted by Gasteiger charge is -2.08. The highest BCUT2D eigenvalue weighted by Gasteiger charge is 2.02. The molecule has 1 aromatic rings. The van der Waals surface area contributed by atoms with Crippen LogP contribution < -0.4 is 4.74 Å². The topological polar surface area (TPSA) is 26.3 Å². The van der Waals surface area contributed by atoms with Gasteiger partial charge < -0.3 is 9.53 Å². The Kier molecular flexibility index (Phi) is 4.95. The number of hydrogen-bond donors (Lipinski definition) is 0. The van der Waals surface area contributed by atoms with Crippen LogP contribution in [0, 0.1) is 13.8 Å². The quantitative estimate of drug-likeness (QED) is 0.773. The zero-order valence-corrected chi connectivity index (χ0v) is 11.0. The van der Waals surface area contributed by atoms with Crippen molar-refractivity contribution in [3.8, 4) is 5.75 Å². The van der Waals surface area contributed by atoms with E-state index in [1.165, 1.54) is 11.1 Å². The molecule has 0 spiro atoms. The number of carbonyl (C=O) groups excluding carboxylic acids is 1. The van der Waals surface area contributed by atoms with Crippen molar-refractivity contribution in [2.75, 3.05) is 7.11 Å². The third kappa shape index (κ3) is 4.06.